The van der Waals surface area contributed by atoms with Gasteiger partial charge in [0.15, 0.2) is 0 Å². The maximum Gasteiger partial charge on any atom is 0.126 e. The number of nitrogens with zero attached hydrogens (tertiary/aromatic N) is 1. The van der Waals surface area contributed by atoms with Crippen LogP contribution in [-0.2, 0) is 0 Å². The summed E-state index contributed by atoms with van der Waals surface area (Å²) in [6.45, 7) is 3.83. The van der Waals surface area contributed by atoms with Gasteiger partial charge in [-0.15, -0.1) is 24.8 Å². The van der Waals surface area contributed by atoms with Crippen LogP contribution in [0, 0.1) is 17.6 Å². The van der Waals surface area contributed by atoms with E-state index >= 15 is 0 Å². The molecular weight excluding hydrogens is 305 g/mol. The lowest BCUT2D eigenvalue weighted by atomic mass is 9.99. The average Bonchev–Trinajstić information content (AvgIpc) is 3.14. The molecule has 1 saturated heterocycles. The maximum atomic E-state index is 13.4. The van der Waals surface area contributed by atoms with E-state index < -0.39 is 11.6 Å². The minimum atomic E-state index is -0.467. The Labute approximate surface area is 130 Å². The van der Waals surface area contributed by atoms with Crippen LogP contribution in [0.1, 0.15) is 24.4 Å². The number of rotatable bonds is 3. The second-order valence-corrected chi connectivity index (χ2v) is 5.27. The first kappa shape index (κ1) is 17.6. The minimum Gasteiger partial charge on any atom is -0.314 e. The van der Waals surface area contributed by atoms with Crippen LogP contribution >= 0.6 is 24.8 Å². The smallest absolute Gasteiger partial charge is 0.126 e. The molecule has 1 aromatic carbocycles. The van der Waals surface area contributed by atoms with Crippen molar-refractivity contribution in [2.24, 2.45) is 5.92 Å². The molecule has 0 unspecified atom stereocenters. The first-order valence-electron chi connectivity index (χ1n) is 6.65. The molecule has 20 heavy (non-hydrogen) atoms. The molecule has 2 aliphatic rings. The zero-order valence-corrected chi connectivity index (χ0v) is 12.8. The first-order chi connectivity index (χ1) is 8.74. The second kappa shape index (κ2) is 7.55. The summed E-state index contributed by atoms with van der Waals surface area (Å²) in [6, 6.07) is 4.13. The number of halogens is 4. The third-order valence-corrected chi connectivity index (χ3v) is 3.84. The van der Waals surface area contributed by atoms with Crippen molar-refractivity contribution in [1.82, 2.24) is 10.2 Å². The standard InChI is InChI=1S/C14H18F2N2.2ClH/c15-12-7-11(8-13(16)9-12)14(10-1-2-10)18-5-3-17-4-6-18;;/h7-10,14,17H,1-6H2;2*1H/t14-;;/m0../s1. The van der Waals surface area contributed by atoms with E-state index in [9.17, 15) is 8.78 Å². The Morgan fingerprint density at radius 3 is 2.05 bits per heavy atom. The molecule has 1 saturated carbocycles. The van der Waals surface area contributed by atoms with Crippen LogP contribution < -0.4 is 5.32 Å². The first-order valence-corrected chi connectivity index (χ1v) is 6.65. The van der Waals surface area contributed by atoms with E-state index in [1.165, 1.54) is 25.0 Å². The quantitative estimate of drug-likeness (QED) is 0.918. The van der Waals surface area contributed by atoms with Gasteiger partial charge in [-0.3, -0.25) is 4.90 Å². The molecule has 0 radical (unpaired) electrons. The highest BCUT2D eigenvalue weighted by atomic mass is 35.5. The zero-order valence-electron chi connectivity index (χ0n) is 11.1. The van der Waals surface area contributed by atoms with E-state index in [1.54, 1.807) is 0 Å². The van der Waals surface area contributed by atoms with Crippen LogP contribution in [0.4, 0.5) is 8.78 Å². The summed E-state index contributed by atoms with van der Waals surface area (Å²) in [5.74, 6) is -0.360. The predicted molar refractivity (Wildman–Crippen MR) is 80.8 cm³/mol. The van der Waals surface area contributed by atoms with Crippen molar-refractivity contribution in [2.45, 2.75) is 18.9 Å². The Balaban J connectivity index is 0.000001000. The Bertz CT molecular complexity index is 415. The molecule has 1 aliphatic carbocycles. The van der Waals surface area contributed by atoms with E-state index in [1.807, 2.05) is 0 Å². The van der Waals surface area contributed by atoms with E-state index in [0.29, 0.717) is 5.92 Å². The highest BCUT2D eigenvalue weighted by Crippen LogP contribution is 2.44. The maximum absolute atomic E-state index is 13.4. The van der Waals surface area contributed by atoms with Crippen molar-refractivity contribution in [1.29, 1.82) is 0 Å². The summed E-state index contributed by atoms with van der Waals surface area (Å²) in [7, 11) is 0. The highest BCUT2D eigenvalue weighted by molar-refractivity contribution is 5.85. The SMILES string of the molecule is Cl.Cl.Fc1cc(F)cc([C@H](C2CC2)N2CCNCC2)c1. The molecule has 2 fully saturated rings. The highest BCUT2D eigenvalue weighted by Gasteiger charge is 2.37. The van der Waals surface area contributed by atoms with Gasteiger partial charge in [0.1, 0.15) is 11.6 Å². The minimum absolute atomic E-state index is 0. The number of hydrogen-bond donors (Lipinski definition) is 1. The molecule has 1 heterocycles. The van der Waals surface area contributed by atoms with E-state index in [-0.39, 0.29) is 30.9 Å². The fourth-order valence-corrected chi connectivity index (χ4v) is 2.90. The van der Waals surface area contributed by atoms with Crippen LogP contribution in [0.3, 0.4) is 0 Å². The summed E-state index contributed by atoms with van der Waals surface area (Å²) in [5.41, 5.74) is 0.803. The van der Waals surface area contributed by atoms with Gasteiger partial charge >= 0.3 is 0 Å². The summed E-state index contributed by atoms with van der Waals surface area (Å²) < 4.78 is 26.7. The van der Waals surface area contributed by atoms with Gasteiger partial charge < -0.3 is 5.32 Å². The fraction of sp³-hybridized carbons (Fsp3) is 0.571. The second-order valence-electron chi connectivity index (χ2n) is 5.27. The van der Waals surface area contributed by atoms with Crippen molar-refractivity contribution in [2.75, 3.05) is 26.2 Å². The molecule has 0 spiro atoms. The van der Waals surface area contributed by atoms with Crippen LogP contribution in [-0.4, -0.2) is 31.1 Å². The molecule has 0 amide bonds. The van der Waals surface area contributed by atoms with Crippen LogP contribution in [0.2, 0.25) is 0 Å². The lowest BCUT2D eigenvalue weighted by Gasteiger charge is -2.35. The lowest BCUT2D eigenvalue weighted by molar-refractivity contribution is 0.155. The van der Waals surface area contributed by atoms with Crippen molar-refractivity contribution < 1.29 is 8.78 Å². The predicted octanol–water partition coefficient (Wildman–Crippen LogP) is 3.16. The van der Waals surface area contributed by atoms with Gasteiger partial charge in [-0.05, 0) is 36.5 Å². The van der Waals surface area contributed by atoms with E-state index in [0.717, 1.165) is 37.8 Å². The number of hydrogen-bond acceptors (Lipinski definition) is 2. The fourth-order valence-electron chi connectivity index (χ4n) is 2.90. The van der Waals surface area contributed by atoms with Crippen molar-refractivity contribution in [3.05, 3.63) is 35.4 Å². The molecule has 3 rings (SSSR count). The Kier molecular flexibility index (Phi) is 6.65. The average molecular weight is 325 g/mol. The number of benzene rings is 1. The van der Waals surface area contributed by atoms with Crippen LogP contribution in [0.5, 0.6) is 0 Å². The van der Waals surface area contributed by atoms with Crippen molar-refractivity contribution in [3.63, 3.8) is 0 Å². The zero-order chi connectivity index (χ0) is 12.5. The van der Waals surface area contributed by atoms with Crippen LogP contribution in [0.25, 0.3) is 0 Å². The molecule has 0 aromatic heterocycles. The van der Waals surface area contributed by atoms with Gasteiger partial charge in [-0.25, -0.2) is 8.78 Å². The number of nitrogens with one attached hydrogen (secondary N) is 1. The molecule has 1 aromatic rings. The van der Waals surface area contributed by atoms with Crippen LogP contribution in [0.15, 0.2) is 18.2 Å². The molecular formula is C14H20Cl2F2N2. The molecule has 6 heteroatoms. The largest absolute Gasteiger partial charge is 0.314 e. The van der Waals surface area contributed by atoms with Gasteiger partial charge in [-0.1, -0.05) is 0 Å². The van der Waals surface area contributed by atoms with Crippen molar-refractivity contribution >= 4 is 24.8 Å². The van der Waals surface area contributed by atoms with Gasteiger partial charge in [0.05, 0.1) is 0 Å². The van der Waals surface area contributed by atoms with E-state index in [2.05, 4.69) is 10.2 Å². The topological polar surface area (TPSA) is 15.3 Å². The molecule has 0 bridgehead atoms. The molecule has 1 aliphatic heterocycles. The monoisotopic (exact) mass is 324 g/mol. The Hall–Kier alpha value is -0.420. The van der Waals surface area contributed by atoms with Gasteiger partial charge in [0, 0.05) is 38.3 Å². The van der Waals surface area contributed by atoms with Gasteiger partial charge in [0.2, 0.25) is 0 Å². The normalized spacial score (nSPS) is 20.7. The Morgan fingerprint density at radius 2 is 1.55 bits per heavy atom. The summed E-state index contributed by atoms with van der Waals surface area (Å²) >= 11 is 0. The van der Waals surface area contributed by atoms with Crippen molar-refractivity contribution in [3.8, 4) is 0 Å². The summed E-state index contributed by atoms with van der Waals surface area (Å²) in [5, 5.41) is 3.31. The Morgan fingerprint density at radius 1 is 1.00 bits per heavy atom. The molecule has 1 N–H and O–H groups in total. The van der Waals surface area contributed by atoms with E-state index in [4.69, 9.17) is 0 Å². The van der Waals surface area contributed by atoms with Gasteiger partial charge in [-0.2, -0.15) is 0 Å². The molecule has 1 atom stereocenters. The third kappa shape index (κ3) is 4.04. The molecule has 2 nitrogen and oxygen atoms in total. The summed E-state index contributed by atoms with van der Waals surface area (Å²) in [6.07, 6.45) is 2.35. The van der Waals surface area contributed by atoms with Gasteiger partial charge in [0.25, 0.3) is 0 Å². The lowest BCUT2D eigenvalue weighted by Crippen LogP contribution is -2.45. The summed E-state index contributed by atoms with van der Waals surface area (Å²) in [4.78, 5) is 2.36. The number of piperazine rings is 1. The molecule has 114 valence electrons. The third-order valence-electron chi connectivity index (χ3n) is 3.84.